The third-order valence-electron chi connectivity index (χ3n) is 4.80. The maximum Gasteiger partial charge on any atom is 0.309 e. The second-order valence-corrected chi connectivity index (χ2v) is 6.68. The van der Waals surface area contributed by atoms with E-state index >= 15 is 0 Å². The summed E-state index contributed by atoms with van der Waals surface area (Å²) in [4.78, 5) is 24.2. The lowest BCUT2D eigenvalue weighted by Crippen LogP contribution is -2.47. The average Bonchev–Trinajstić information content (AvgIpc) is 3.18. The van der Waals surface area contributed by atoms with Crippen LogP contribution >= 0.6 is 0 Å². The SMILES string of the molecule is O=C(NCc1ccc2c(c1)OCO2)C(=O)NC[C@]1(O)CCOc2ccccc21. The van der Waals surface area contributed by atoms with Gasteiger partial charge < -0.3 is 30.0 Å². The Balaban J connectivity index is 1.32. The molecule has 0 unspecified atom stereocenters. The van der Waals surface area contributed by atoms with Crippen molar-refractivity contribution in [1.82, 2.24) is 10.6 Å². The summed E-state index contributed by atoms with van der Waals surface area (Å²) >= 11 is 0. The summed E-state index contributed by atoms with van der Waals surface area (Å²) in [6.07, 6.45) is 0.323. The van der Waals surface area contributed by atoms with E-state index in [0.717, 1.165) is 5.56 Å². The number of hydrogen-bond acceptors (Lipinski definition) is 6. The quantitative estimate of drug-likeness (QED) is 0.674. The summed E-state index contributed by atoms with van der Waals surface area (Å²) in [6.45, 7) is 0.595. The van der Waals surface area contributed by atoms with E-state index in [1.54, 1.807) is 36.4 Å². The molecule has 0 aliphatic carbocycles. The molecule has 3 N–H and O–H groups in total. The average molecular weight is 384 g/mol. The number of hydrogen-bond donors (Lipinski definition) is 3. The lowest BCUT2D eigenvalue weighted by atomic mass is 9.88. The molecule has 0 fully saturated rings. The van der Waals surface area contributed by atoms with Gasteiger partial charge in [0.1, 0.15) is 11.4 Å². The largest absolute Gasteiger partial charge is 0.493 e. The smallest absolute Gasteiger partial charge is 0.309 e. The topological polar surface area (TPSA) is 106 Å². The van der Waals surface area contributed by atoms with Gasteiger partial charge in [0.25, 0.3) is 0 Å². The number of nitrogens with one attached hydrogen (secondary N) is 2. The maximum atomic E-state index is 12.1. The summed E-state index contributed by atoms with van der Waals surface area (Å²) in [5.41, 5.74) is 0.104. The molecule has 8 heteroatoms. The van der Waals surface area contributed by atoms with Crippen LogP contribution in [-0.4, -0.2) is 36.9 Å². The zero-order valence-electron chi connectivity index (χ0n) is 15.1. The molecule has 4 rings (SSSR count). The highest BCUT2D eigenvalue weighted by Crippen LogP contribution is 2.36. The van der Waals surface area contributed by atoms with Crippen LogP contribution < -0.4 is 24.8 Å². The van der Waals surface area contributed by atoms with Crippen LogP contribution in [0.15, 0.2) is 42.5 Å². The van der Waals surface area contributed by atoms with Crippen LogP contribution in [0.4, 0.5) is 0 Å². The lowest BCUT2D eigenvalue weighted by Gasteiger charge is -2.34. The fraction of sp³-hybridized carbons (Fsp3) is 0.300. The molecule has 2 amide bonds. The number of aliphatic hydroxyl groups is 1. The Labute approximate surface area is 161 Å². The van der Waals surface area contributed by atoms with Gasteiger partial charge in [0.2, 0.25) is 6.79 Å². The Morgan fingerprint density at radius 2 is 1.75 bits per heavy atom. The molecule has 2 aromatic carbocycles. The van der Waals surface area contributed by atoms with E-state index < -0.39 is 17.4 Å². The predicted octanol–water partition coefficient (Wildman–Crippen LogP) is 0.818. The third-order valence-corrected chi connectivity index (χ3v) is 4.80. The first-order valence-electron chi connectivity index (χ1n) is 8.94. The molecular formula is C20H20N2O6. The van der Waals surface area contributed by atoms with E-state index in [1.165, 1.54) is 0 Å². The van der Waals surface area contributed by atoms with E-state index in [1.807, 2.05) is 6.07 Å². The highest BCUT2D eigenvalue weighted by atomic mass is 16.7. The molecule has 2 aliphatic heterocycles. The fourth-order valence-corrected chi connectivity index (χ4v) is 3.25. The summed E-state index contributed by atoms with van der Waals surface area (Å²) < 4.78 is 16.0. The molecular weight excluding hydrogens is 364 g/mol. The highest BCUT2D eigenvalue weighted by molar-refractivity contribution is 6.35. The Bertz CT molecular complexity index is 915. The van der Waals surface area contributed by atoms with Gasteiger partial charge in [-0.15, -0.1) is 0 Å². The molecule has 2 aliphatic rings. The van der Waals surface area contributed by atoms with Gasteiger partial charge in [-0.3, -0.25) is 9.59 Å². The zero-order valence-corrected chi connectivity index (χ0v) is 15.1. The predicted molar refractivity (Wildman–Crippen MR) is 97.9 cm³/mol. The molecule has 8 nitrogen and oxygen atoms in total. The van der Waals surface area contributed by atoms with Crippen LogP contribution in [-0.2, 0) is 21.7 Å². The minimum atomic E-state index is -1.28. The first kappa shape index (κ1) is 18.1. The number of benzene rings is 2. The maximum absolute atomic E-state index is 12.1. The van der Waals surface area contributed by atoms with Crippen LogP contribution in [0.5, 0.6) is 17.2 Å². The van der Waals surface area contributed by atoms with Crippen molar-refractivity contribution in [3.63, 3.8) is 0 Å². The normalized spacial score (nSPS) is 19.3. The molecule has 28 heavy (non-hydrogen) atoms. The van der Waals surface area contributed by atoms with Gasteiger partial charge in [-0.05, 0) is 23.8 Å². The van der Waals surface area contributed by atoms with Crippen molar-refractivity contribution in [2.45, 2.75) is 18.6 Å². The third kappa shape index (κ3) is 3.59. The van der Waals surface area contributed by atoms with Gasteiger partial charge in [-0.25, -0.2) is 0 Å². The van der Waals surface area contributed by atoms with Gasteiger partial charge in [-0.1, -0.05) is 24.3 Å². The fourth-order valence-electron chi connectivity index (χ4n) is 3.25. The van der Waals surface area contributed by atoms with Crippen molar-refractivity contribution >= 4 is 11.8 Å². The van der Waals surface area contributed by atoms with E-state index in [4.69, 9.17) is 14.2 Å². The minimum Gasteiger partial charge on any atom is -0.493 e. The number of carbonyl (C=O) groups excluding carboxylic acids is 2. The molecule has 0 aromatic heterocycles. The summed E-state index contributed by atoms with van der Waals surface area (Å²) in [5.74, 6) is 0.256. The van der Waals surface area contributed by atoms with Gasteiger partial charge in [0, 0.05) is 18.5 Å². The second-order valence-electron chi connectivity index (χ2n) is 6.68. The highest BCUT2D eigenvalue weighted by Gasteiger charge is 2.36. The molecule has 0 bridgehead atoms. The molecule has 1 atom stereocenters. The molecule has 2 aromatic rings. The number of para-hydroxylation sites is 1. The Morgan fingerprint density at radius 1 is 0.964 bits per heavy atom. The van der Waals surface area contributed by atoms with Gasteiger partial charge in [0.15, 0.2) is 11.5 Å². The number of fused-ring (bicyclic) bond motifs is 2. The molecule has 0 saturated heterocycles. The van der Waals surface area contributed by atoms with Crippen LogP contribution in [0.3, 0.4) is 0 Å². The van der Waals surface area contributed by atoms with E-state index in [9.17, 15) is 14.7 Å². The van der Waals surface area contributed by atoms with Gasteiger partial charge in [0.05, 0.1) is 13.2 Å². The van der Waals surface area contributed by atoms with Crippen molar-refractivity contribution < 1.29 is 28.9 Å². The standard InChI is InChI=1S/C20H20N2O6/c23-18(21-10-13-5-6-16-17(9-13)28-12-27-16)19(24)22-11-20(25)7-8-26-15-4-2-1-3-14(15)20/h1-6,9,25H,7-8,10-12H2,(H,21,23)(H,22,24)/t20-/m1/s1. The lowest BCUT2D eigenvalue weighted by molar-refractivity contribution is -0.140. The monoisotopic (exact) mass is 384 g/mol. The summed E-state index contributed by atoms with van der Waals surface area (Å²) in [6, 6.07) is 12.4. The van der Waals surface area contributed by atoms with Crippen LogP contribution in [0.1, 0.15) is 17.5 Å². The van der Waals surface area contributed by atoms with Crippen molar-refractivity contribution in [3.05, 3.63) is 53.6 Å². The van der Waals surface area contributed by atoms with E-state index in [0.29, 0.717) is 35.8 Å². The van der Waals surface area contributed by atoms with Crippen LogP contribution in [0.2, 0.25) is 0 Å². The second kappa shape index (κ2) is 7.40. The molecule has 0 saturated carbocycles. The first-order valence-corrected chi connectivity index (χ1v) is 8.94. The van der Waals surface area contributed by atoms with Crippen molar-refractivity contribution in [2.75, 3.05) is 19.9 Å². The van der Waals surface area contributed by atoms with Crippen molar-refractivity contribution in [1.29, 1.82) is 0 Å². The molecule has 0 spiro atoms. The van der Waals surface area contributed by atoms with Crippen LogP contribution in [0, 0.1) is 0 Å². The van der Waals surface area contributed by atoms with E-state index in [2.05, 4.69) is 10.6 Å². The Morgan fingerprint density at radius 3 is 2.64 bits per heavy atom. The van der Waals surface area contributed by atoms with Crippen molar-refractivity contribution in [3.8, 4) is 17.2 Å². The Hall–Kier alpha value is -3.26. The molecule has 0 radical (unpaired) electrons. The minimum absolute atomic E-state index is 0.0797. The van der Waals surface area contributed by atoms with Crippen LogP contribution in [0.25, 0.3) is 0 Å². The van der Waals surface area contributed by atoms with Crippen molar-refractivity contribution in [2.24, 2.45) is 0 Å². The Kier molecular flexibility index (Phi) is 4.79. The zero-order chi connectivity index (χ0) is 19.6. The van der Waals surface area contributed by atoms with Gasteiger partial charge >= 0.3 is 11.8 Å². The molecule has 2 heterocycles. The van der Waals surface area contributed by atoms with E-state index in [-0.39, 0.29) is 19.9 Å². The summed E-state index contributed by atoms with van der Waals surface area (Å²) in [5, 5.41) is 16.0. The number of rotatable bonds is 4. The van der Waals surface area contributed by atoms with Gasteiger partial charge in [-0.2, -0.15) is 0 Å². The number of amides is 2. The first-order chi connectivity index (χ1) is 13.5. The molecule has 146 valence electrons. The summed E-state index contributed by atoms with van der Waals surface area (Å²) in [7, 11) is 0. The number of carbonyl (C=O) groups is 2. The number of ether oxygens (including phenoxy) is 3.